The molecular weight excluding hydrogens is 767 g/mol. The number of benzene rings is 2. The highest BCUT2D eigenvalue weighted by atomic mass is 32.2. The van der Waals surface area contributed by atoms with Gasteiger partial charge in [0.15, 0.2) is 11.7 Å². The second kappa shape index (κ2) is 23.8. The van der Waals surface area contributed by atoms with E-state index in [1.54, 1.807) is 18.2 Å². The number of ketones is 1. The van der Waals surface area contributed by atoms with E-state index in [0.29, 0.717) is 6.42 Å². The van der Waals surface area contributed by atoms with Crippen molar-refractivity contribution in [1.29, 1.82) is 5.41 Å². The molecule has 0 saturated heterocycles. The van der Waals surface area contributed by atoms with Crippen LogP contribution in [0.4, 0.5) is 24.5 Å². The van der Waals surface area contributed by atoms with Crippen molar-refractivity contribution in [2.45, 2.75) is 69.7 Å². The third-order valence-electron chi connectivity index (χ3n) is 7.13. The highest BCUT2D eigenvalue weighted by Crippen LogP contribution is 2.34. The van der Waals surface area contributed by atoms with Crippen LogP contribution in [0.3, 0.4) is 0 Å². The number of halogens is 3. The van der Waals surface area contributed by atoms with Crippen molar-refractivity contribution in [3.05, 3.63) is 60.7 Å². The van der Waals surface area contributed by atoms with Crippen LogP contribution in [-0.4, -0.2) is 100 Å². The molecule has 0 fully saturated rings. The van der Waals surface area contributed by atoms with Gasteiger partial charge < -0.3 is 48.3 Å². The molecule has 22 heteroatoms. The fraction of sp³-hybridized carbons (Fsp3) is 0.412. The number of anilines is 2. The number of carboxylic acid groups (broad SMARTS) is 2. The molecule has 4 unspecified atom stereocenters. The van der Waals surface area contributed by atoms with E-state index in [1.165, 1.54) is 6.92 Å². The van der Waals surface area contributed by atoms with Gasteiger partial charge in [-0.05, 0) is 55.0 Å². The summed E-state index contributed by atoms with van der Waals surface area (Å²) in [7, 11) is 0. The smallest absolute Gasteiger partial charge is 0.481 e. The third kappa shape index (κ3) is 18.4. The quantitative estimate of drug-likeness (QED) is 0.0293. The first-order valence-corrected chi connectivity index (χ1v) is 17.6. The highest BCUT2D eigenvalue weighted by Gasteiger charge is 2.38. The normalized spacial score (nSPS) is 12.9. The molecule has 2 aromatic rings. The molecule has 18 nitrogen and oxygen atoms in total. The number of rotatable bonds is 20. The first-order chi connectivity index (χ1) is 26.1. The molecule has 0 saturated carbocycles. The van der Waals surface area contributed by atoms with Crippen LogP contribution < -0.4 is 42.4 Å². The Bertz CT molecular complexity index is 1620. The monoisotopic (exact) mass is 813 g/mol. The number of amides is 4. The van der Waals surface area contributed by atoms with Crippen LogP contribution in [0.25, 0.3) is 0 Å². The topological polar surface area (TPSA) is 299 Å². The molecule has 0 aliphatic carbocycles. The number of para-hydroxylation sites is 2. The Balaban J connectivity index is 0.00000203. The van der Waals surface area contributed by atoms with Crippen LogP contribution in [0, 0.1) is 11.3 Å². The average Bonchev–Trinajstić information content (AvgIpc) is 3.12. The van der Waals surface area contributed by atoms with Crippen LogP contribution in [0.15, 0.2) is 60.7 Å². The highest BCUT2D eigenvalue weighted by molar-refractivity contribution is 8.02. The summed E-state index contributed by atoms with van der Waals surface area (Å²) in [5, 5.41) is 34.9. The minimum absolute atomic E-state index is 0.164. The van der Waals surface area contributed by atoms with Gasteiger partial charge in [-0.2, -0.15) is 13.2 Å². The molecule has 0 heterocycles. The number of nitrogens with zero attached hydrogens (tertiary/aromatic N) is 1. The minimum Gasteiger partial charge on any atom is -0.481 e. The molecule has 4 atom stereocenters. The SMILES string of the molecule is CC(=O)NC(CCCNC(=N)N)C(=O)NCC(=O)NC(CC(=O)O)C(=O)NC(C(=O)C(N)SN(c1ccccc1)c1ccccc1)C(C)C.O=C(O)C(F)(F)F. The van der Waals surface area contributed by atoms with E-state index < -0.39 is 89.9 Å². The number of hydrogen-bond donors (Lipinski definition) is 10. The summed E-state index contributed by atoms with van der Waals surface area (Å²) in [6, 6.07) is 14.8. The Morgan fingerprint density at radius 3 is 1.79 bits per heavy atom. The standard InChI is InChI=1S/C32H45N9O7S.C2HF3O2/c1-19(2)27(28(46)29(33)49-41(21-11-6-4-7-12-21)22-13-8-5-9-14-22)40-31(48)24(17-26(44)45)39-25(43)18-37-30(47)23(38-20(3)42)15-10-16-36-32(34)35;3-2(4,5)1(6)7/h4-9,11-14,19,23-24,27,29H,10,15-18,33H2,1-3H3,(H,37,47)(H,38,42)(H,39,43)(H,40,48)(H,44,45)(H4,34,35,36);(H,6,7). The Morgan fingerprint density at radius 1 is 0.839 bits per heavy atom. The lowest BCUT2D eigenvalue weighted by Crippen LogP contribution is -2.57. The van der Waals surface area contributed by atoms with Gasteiger partial charge in [-0.3, -0.25) is 38.5 Å². The molecule has 2 rings (SSSR count). The van der Waals surface area contributed by atoms with E-state index >= 15 is 0 Å². The van der Waals surface area contributed by atoms with Crippen molar-refractivity contribution >= 4 is 70.6 Å². The second-order valence-electron chi connectivity index (χ2n) is 12.1. The summed E-state index contributed by atoms with van der Waals surface area (Å²) in [5.74, 6) is -8.36. The number of guanidine groups is 1. The number of carbonyl (C=O) groups is 7. The lowest BCUT2D eigenvalue weighted by molar-refractivity contribution is -0.192. The Kier molecular flexibility index (Phi) is 20.4. The molecule has 0 aliphatic rings. The van der Waals surface area contributed by atoms with Crippen LogP contribution in [-0.2, 0) is 33.6 Å². The van der Waals surface area contributed by atoms with Gasteiger partial charge in [-0.25, -0.2) is 4.79 Å². The molecule has 0 radical (unpaired) electrons. The van der Waals surface area contributed by atoms with E-state index in [-0.39, 0.29) is 18.9 Å². The van der Waals surface area contributed by atoms with Crippen LogP contribution >= 0.6 is 11.9 Å². The Morgan fingerprint density at radius 2 is 1.36 bits per heavy atom. The number of alkyl halides is 3. The van der Waals surface area contributed by atoms with E-state index in [0.717, 1.165) is 23.3 Å². The second-order valence-corrected chi connectivity index (χ2v) is 13.2. The van der Waals surface area contributed by atoms with E-state index in [2.05, 4.69) is 26.6 Å². The van der Waals surface area contributed by atoms with Crippen molar-refractivity contribution in [2.75, 3.05) is 17.4 Å². The maximum absolute atomic E-state index is 13.6. The first-order valence-electron chi connectivity index (χ1n) is 16.7. The first kappa shape index (κ1) is 48.1. The molecule has 0 spiro atoms. The van der Waals surface area contributed by atoms with Crippen molar-refractivity contribution < 1.29 is 56.9 Å². The van der Waals surface area contributed by atoms with Gasteiger partial charge >= 0.3 is 18.1 Å². The van der Waals surface area contributed by atoms with Gasteiger partial charge in [-0.15, -0.1) is 0 Å². The minimum atomic E-state index is -5.08. The summed E-state index contributed by atoms with van der Waals surface area (Å²) in [6.45, 7) is 4.24. The fourth-order valence-electron chi connectivity index (χ4n) is 4.52. The van der Waals surface area contributed by atoms with Gasteiger partial charge in [-0.1, -0.05) is 50.2 Å². The average molecular weight is 814 g/mol. The zero-order chi connectivity index (χ0) is 42.6. The van der Waals surface area contributed by atoms with Crippen molar-refractivity contribution in [1.82, 2.24) is 26.6 Å². The zero-order valence-corrected chi connectivity index (χ0v) is 31.4. The van der Waals surface area contributed by atoms with Gasteiger partial charge in [0.1, 0.15) is 17.5 Å². The van der Waals surface area contributed by atoms with Crippen molar-refractivity contribution in [3.63, 3.8) is 0 Å². The van der Waals surface area contributed by atoms with Gasteiger partial charge in [0.25, 0.3) is 0 Å². The van der Waals surface area contributed by atoms with Gasteiger partial charge in [0.05, 0.1) is 30.4 Å². The maximum Gasteiger partial charge on any atom is 0.490 e. The van der Waals surface area contributed by atoms with E-state index in [9.17, 15) is 47.0 Å². The van der Waals surface area contributed by atoms with E-state index in [1.807, 2.05) is 60.7 Å². The summed E-state index contributed by atoms with van der Waals surface area (Å²) in [6.07, 6.45) is -5.37. The molecule has 308 valence electrons. The summed E-state index contributed by atoms with van der Waals surface area (Å²) < 4.78 is 33.5. The zero-order valence-electron chi connectivity index (χ0n) is 30.6. The van der Waals surface area contributed by atoms with Crippen LogP contribution in [0.5, 0.6) is 0 Å². The van der Waals surface area contributed by atoms with Gasteiger partial charge in [0.2, 0.25) is 23.6 Å². The predicted molar refractivity (Wildman–Crippen MR) is 200 cm³/mol. The number of carboxylic acids is 2. The molecule has 0 aromatic heterocycles. The molecule has 0 aliphatic heterocycles. The Hall–Kier alpha value is -5.90. The van der Waals surface area contributed by atoms with Gasteiger partial charge in [0, 0.05) is 13.5 Å². The summed E-state index contributed by atoms with van der Waals surface area (Å²) in [4.78, 5) is 84.5. The molecule has 0 bridgehead atoms. The molecule has 56 heavy (non-hydrogen) atoms. The fourth-order valence-corrected chi connectivity index (χ4v) is 5.49. The maximum atomic E-state index is 13.6. The molecular formula is C34H46F3N9O9S. The summed E-state index contributed by atoms with van der Waals surface area (Å²) >= 11 is 1.05. The summed E-state index contributed by atoms with van der Waals surface area (Å²) in [5.41, 5.74) is 13.1. The number of nitrogens with two attached hydrogens (primary N) is 2. The number of carbonyl (C=O) groups excluding carboxylic acids is 5. The lowest BCUT2D eigenvalue weighted by atomic mass is 9.99. The molecule has 4 amide bonds. The molecule has 2 aromatic carbocycles. The lowest BCUT2D eigenvalue weighted by Gasteiger charge is -2.30. The molecule has 12 N–H and O–H groups in total. The third-order valence-corrected chi connectivity index (χ3v) is 8.22. The Labute approximate surface area is 324 Å². The van der Waals surface area contributed by atoms with Crippen molar-refractivity contribution in [2.24, 2.45) is 17.4 Å². The number of hydrogen-bond acceptors (Lipinski definition) is 11. The van der Waals surface area contributed by atoms with E-state index in [4.69, 9.17) is 26.8 Å². The van der Waals surface area contributed by atoms with Crippen molar-refractivity contribution in [3.8, 4) is 0 Å². The largest absolute Gasteiger partial charge is 0.490 e. The van der Waals surface area contributed by atoms with Crippen LogP contribution in [0.2, 0.25) is 0 Å². The number of Topliss-reactive ketones (excluding diaryl/α,β-unsaturated/α-hetero) is 1. The predicted octanol–water partition coefficient (Wildman–Crippen LogP) is 0.945. The van der Waals surface area contributed by atoms with Crippen LogP contribution in [0.1, 0.15) is 40.0 Å². The number of nitrogens with one attached hydrogen (secondary N) is 6. The number of aliphatic carboxylic acids is 2.